The third kappa shape index (κ3) is 3.17. The largest absolute Gasteiger partial charge is 0.363 e. The second-order valence-electron chi connectivity index (χ2n) is 5.57. The Bertz CT molecular complexity index is 682. The van der Waals surface area contributed by atoms with E-state index in [4.69, 9.17) is 0 Å². The minimum atomic E-state index is 0.00189. The standard InChI is InChI=1S/C18H19BrN2O/c1-2-9-20-18(22)13-4-7-17(8-5-13)21-11-14-3-6-16(19)10-15(14)12-21/h3-8,10H,2,9,11-12H2,1H3,(H,20,22). The lowest BCUT2D eigenvalue weighted by molar-refractivity contribution is 0.0953. The number of hydrogen-bond donors (Lipinski definition) is 1. The van der Waals surface area contributed by atoms with Gasteiger partial charge in [0, 0.05) is 35.4 Å². The van der Waals surface area contributed by atoms with E-state index in [1.807, 2.05) is 31.2 Å². The number of halogens is 1. The zero-order chi connectivity index (χ0) is 15.5. The topological polar surface area (TPSA) is 32.3 Å². The van der Waals surface area contributed by atoms with Gasteiger partial charge in [-0.1, -0.05) is 28.9 Å². The average molecular weight is 359 g/mol. The van der Waals surface area contributed by atoms with Crippen LogP contribution in [0.2, 0.25) is 0 Å². The van der Waals surface area contributed by atoms with Crippen molar-refractivity contribution < 1.29 is 4.79 Å². The maximum absolute atomic E-state index is 11.9. The summed E-state index contributed by atoms with van der Waals surface area (Å²) in [4.78, 5) is 14.2. The Hall–Kier alpha value is -1.81. The zero-order valence-corrected chi connectivity index (χ0v) is 14.2. The fourth-order valence-electron chi connectivity index (χ4n) is 2.71. The summed E-state index contributed by atoms with van der Waals surface area (Å²) < 4.78 is 1.12. The Labute approximate surface area is 139 Å². The molecule has 0 radical (unpaired) electrons. The van der Waals surface area contributed by atoms with Gasteiger partial charge in [-0.3, -0.25) is 4.79 Å². The van der Waals surface area contributed by atoms with Gasteiger partial charge in [0.1, 0.15) is 0 Å². The van der Waals surface area contributed by atoms with Crippen LogP contribution in [-0.2, 0) is 13.1 Å². The number of fused-ring (bicyclic) bond motifs is 1. The molecule has 2 aromatic carbocycles. The maximum Gasteiger partial charge on any atom is 0.251 e. The van der Waals surface area contributed by atoms with Crippen LogP contribution in [0.4, 0.5) is 5.69 Å². The van der Waals surface area contributed by atoms with Crippen LogP contribution in [-0.4, -0.2) is 12.5 Å². The molecule has 0 saturated carbocycles. The van der Waals surface area contributed by atoms with Gasteiger partial charge in [0.05, 0.1) is 0 Å². The maximum atomic E-state index is 11.9. The molecule has 1 amide bonds. The molecule has 0 bridgehead atoms. The van der Waals surface area contributed by atoms with Crippen molar-refractivity contribution in [3.63, 3.8) is 0 Å². The van der Waals surface area contributed by atoms with E-state index in [-0.39, 0.29) is 5.91 Å². The molecule has 0 saturated heterocycles. The smallest absolute Gasteiger partial charge is 0.251 e. The summed E-state index contributed by atoms with van der Waals surface area (Å²) in [6.07, 6.45) is 0.950. The number of benzene rings is 2. The number of nitrogens with one attached hydrogen (secondary N) is 1. The molecule has 0 spiro atoms. The molecule has 0 aromatic heterocycles. The molecule has 1 aliphatic heterocycles. The molecule has 22 heavy (non-hydrogen) atoms. The molecule has 1 N–H and O–H groups in total. The third-order valence-corrected chi connectivity index (χ3v) is 4.41. The number of rotatable bonds is 4. The van der Waals surface area contributed by atoms with Gasteiger partial charge in [-0.25, -0.2) is 0 Å². The molecule has 114 valence electrons. The normalized spacial score (nSPS) is 13.1. The summed E-state index contributed by atoms with van der Waals surface area (Å²) >= 11 is 3.52. The molecule has 0 aliphatic carbocycles. The van der Waals surface area contributed by atoms with E-state index >= 15 is 0 Å². The second kappa shape index (κ2) is 6.53. The molecule has 1 heterocycles. The summed E-state index contributed by atoms with van der Waals surface area (Å²) in [7, 11) is 0. The lowest BCUT2D eigenvalue weighted by Gasteiger charge is -2.18. The van der Waals surface area contributed by atoms with Crippen molar-refractivity contribution in [2.45, 2.75) is 26.4 Å². The Kier molecular flexibility index (Phi) is 4.48. The van der Waals surface area contributed by atoms with E-state index in [9.17, 15) is 4.79 Å². The molecule has 4 heteroatoms. The summed E-state index contributed by atoms with van der Waals surface area (Å²) in [6.45, 7) is 4.60. The number of carbonyl (C=O) groups is 1. The number of anilines is 1. The van der Waals surface area contributed by atoms with Gasteiger partial charge >= 0.3 is 0 Å². The average Bonchev–Trinajstić information content (AvgIpc) is 2.95. The number of nitrogens with zero attached hydrogens (tertiary/aromatic N) is 1. The van der Waals surface area contributed by atoms with E-state index in [2.05, 4.69) is 44.3 Å². The molecule has 1 aliphatic rings. The SMILES string of the molecule is CCCNC(=O)c1ccc(N2Cc3ccc(Br)cc3C2)cc1. The van der Waals surface area contributed by atoms with Crippen LogP contribution in [0.5, 0.6) is 0 Å². The third-order valence-electron chi connectivity index (χ3n) is 3.92. The van der Waals surface area contributed by atoms with Crippen LogP contribution in [0.3, 0.4) is 0 Å². The van der Waals surface area contributed by atoms with Gasteiger partial charge in [-0.15, -0.1) is 0 Å². The monoisotopic (exact) mass is 358 g/mol. The van der Waals surface area contributed by atoms with E-state index in [0.717, 1.165) is 41.8 Å². The summed E-state index contributed by atoms with van der Waals surface area (Å²) in [5.41, 5.74) is 4.60. The first-order valence-corrected chi connectivity index (χ1v) is 8.37. The second-order valence-corrected chi connectivity index (χ2v) is 6.49. The van der Waals surface area contributed by atoms with Crippen molar-refractivity contribution in [1.82, 2.24) is 5.32 Å². The molecule has 3 rings (SSSR count). The van der Waals surface area contributed by atoms with Crippen LogP contribution < -0.4 is 10.2 Å². The van der Waals surface area contributed by atoms with Crippen LogP contribution >= 0.6 is 15.9 Å². The highest BCUT2D eigenvalue weighted by Crippen LogP contribution is 2.30. The predicted octanol–water partition coefficient (Wildman–Crippen LogP) is 4.11. The van der Waals surface area contributed by atoms with Crippen molar-refractivity contribution in [2.75, 3.05) is 11.4 Å². The van der Waals surface area contributed by atoms with Gasteiger partial charge < -0.3 is 10.2 Å². The molecular formula is C18H19BrN2O. The highest BCUT2D eigenvalue weighted by molar-refractivity contribution is 9.10. The number of amides is 1. The molecule has 2 aromatic rings. The van der Waals surface area contributed by atoms with Crippen molar-refractivity contribution >= 4 is 27.5 Å². The van der Waals surface area contributed by atoms with E-state index in [0.29, 0.717) is 0 Å². The fourth-order valence-corrected chi connectivity index (χ4v) is 3.12. The van der Waals surface area contributed by atoms with Gasteiger partial charge in [-0.2, -0.15) is 0 Å². The Morgan fingerprint density at radius 1 is 1.14 bits per heavy atom. The van der Waals surface area contributed by atoms with Crippen molar-refractivity contribution in [1.29, 1.82) is 0 Å². The van der Waals surface area contributed by atoms with Gasteiger partial charge in [0.25, 0.3) is 5.91 Å². The van der Waals surface area contributed by atoms with Crippen molar-refractivity contribution in [3.05, 3.63) is 63.6 Å². The van der Waals surface area contributed by atoms with E-state index in [1.165, 1.54) is 11.1 Å². The van der Waals surface area contributed by atoms with Crippen LogP contribution in [0.25, 0.3) is 0 Å². The fraction of sp³-hybridized carbons (Fsp3) is 0.278. The quantitative estimate of drug-likeness (QED) is 0.891. The predicted molar refractivity (Wildman–Crippen MR) is 93.1 cm³/mol. The van der Waals surface area contributed by atoms with Crippen LogP contribution in [0, 0.1) is 0 Å². The molecule has 0 fully saturated rings. The van der Waals surface area contributed by atoms with Gasteiger partial charge in [0.2, 0.25) is 0 Å². The zero-order valence-electron chi connectivity index (χ0n) is 12.6. The van der Waals surface area contributed by atoms with Gasteiger partial charge in [0.15, 0.2) is 0 Å². The number of carbonyl (C=O) groups excluding carboxylic acids is 1. The summed E-state index contributed by atoms with van der Waals surface area (Å²) in [5, 5.41) is 2.90. The minimum Gasteiger partial charge on any atom is -0.363 e. The van der Waals surface area contributed by atoms with Crippen LogP contribution in [0.1, 0.15) is 34.8 Å². The molecule has 3 nitrogen and oxygen atoms in total. The first-order chi connectivity index (χ1) is 10.7. The van der Waals surface area contributed by atoms with Crippen LogP contribution in [0.15, 0.2) is 46.9 Å². The lowest BCUT2D eigenvalue weighted by atomic mass is 10.1. The van der Waals surface area contributed by atoms with E-state index in [1.54, 1.807) is 0 Å². The van der Waals surface area contributed by atoms with E-state index < -0.39 is 0 Å². The lowest BCUT2D eigenvalue weighted by Crippen LogP contribution is -2.24. The summed E-state index contributed by atoms with van der Waals surface area (Å²) in [6, 6.07) is 14.3. The first kappa shape index (κ1) is 15.1. The molecule has 0 unspecified atom stereocenters. The van der Waals surface area contributed by atoms with Crippen molar-refractivity contribution in [3.8, 4) is 0 Å². The highest BCUT2D eigenvalue weighted by Gasteiger charge is 2.19. The van der Waals surface area contributed by atoms with Crippen molar-refractivity contribution in [2.24, 2.45) is 0 Å². The Morgan fingerprint density at radius 2 is 1.86 bits per heavy atom. The summed E-state index contributed by atoms with van der Waals surface area (Å²) in [5.74, 6) is 0.00189. The highest BCUT2D eigenvalue weighted by atomic mass is 79.9. The molecular weight excluding hydrogens is 340 g/mol. The van der Waals surface area contributed by atoms with Gasteiger partial charge in [-0.05, 0) is 53.9 Å². The molecule has 0 atom stereocenters. The first-order valence-electron chi connectivity index (χ1n) is 7.58. The Morgan fingerprint density at radius 3 is 2.59 bits per heavy atom. The minimum absolute atomic E-state index is 0.00189. The number of hydrogen-bond acceptors (Lipinski definition) is 2. The Balaban J connectivity index is 1.71.